The third-order valence-corrected chi connectivity index (χ3v) is 1.29. The zero-order valence-electron chi connectivity index (χ0n) is 6.55. The van der Waals surface area contributed by atoms with E-state index in [1.165, 1.54) is 0 Å². The van der Waals surface area contributed by atoms with E-state index in [-0.39, 0.29) is 0 Å². The number of methoxy groups -OCH3 is 2. The van der Waals surface area contributed by atoms with Crippen molar-refractivity contribution in [1.29, 1.82) is 0 Å². The molecule has 0 bridgehead atoms. The monoisotopic (exact) mass is 152 g/mol. The highest BCUT2D eigenvalue weighted by Crippen LogP contribution is 2.22. The maximum atomic E-state index is 5.50. The summed E-state index contributed by atoms with van der Waals surface area (Å²) >= 11 is 0. The first kappa shape index (κ1) is 7.72. The van der Waals surface area contributed by atoms with Crippen LogP contribution in [-0.4, -0.2) is 14.2 Å². The summed E-state index contributed by atoms with van der Waals surface area (Å²) in [5, 5.41) is 0. The van der Waals surface area contributed by atoms with Crippen LogP contribution in [0.4, 0.5) is 5.69 Å². The summed E-state index contributed by atoms with van der Waals surface area (Å²) in [5.74, 6) is 1.26. The quantitative estimate of drug-likeness (QED) is 0.645. The molecule has 1 radical (unpaired) electrons. The lowest BCUT2D eigenvalue weighted by Crippen LogP contribution is -1.91. The van der Waals surface area contributed by atoms with Gasteiger partial charge in [-0.2, -0.15) is 0 Å². The van der Waals surface area contributed by atoms with E-state index in [9.17, 15) is 0 Å². The van der Waals surface area contributed by atoms with E-state index in [1.54, 1.807) is 26.4 Å². The molecule has 2 N–H and O–H groups in total. The standard InChI is InChI=1S/C8H10NO2/c1-10-7-3-6(9)4-8(5-7)11-2/h3,5H,9H2,1-2H3. The number of rotatable bonds is 2. The second-order valence-electron chi connectivity index (χ2n) is 2.04. The highest BCUT2D eigenvalue weighted by Gasteiger charge is 1.97. The molecule has 0 aliphatic carbocycles. The van der Waals surface area contributed by atoms with E-state index in [1.807, 2.05) is 0 Å². The van der Waals surface area contributed by atoms with Crippen molar-refractivity contribution >= 4 is 5.69 Å². The molecule has 0 unspecified atom stereocenters. The van der Waals surface area contributed by atoms with E-state index >= 15 is 0 Å². The van der Waals surface area contributed by atoms with Gasteiger partial charge in [-0.25, -0.2) is 0 Å². The van der Waals surface area contributed by atoms with E-state index in [2.05, 4.69) is 6.07 Å². The number of anilines is 1. The van der Waals surface area contributed by atoms with Crippen molar-refractivity contribution in [3.8, 4) is 11.5 Å². The number of hydrogen-bond acceptors (Lipinski definition) is 3. The number of nitrogens with two attached hydrogens (primary N) is 1. The summed E-state index contributed by atoms with van der Waals surface area (Å²) in [6.45, 7) is 0. The van der Waals surface area contributed by atoms with Gasteiger partial charge in [0.05, 0.1) is 20.3 Å². The molecule has 0 atom stereocenters. The Kier molecular flexibility index (Phi) is 2.21. The van der Waals surface area contributed by atoms with Crippen molar-refractivity contribution in [3.63, 3.8) is 0 Å². The first-order valence-corrected chi connectivity index (χ1v) is 3.17. The molecule has 0 aliphatic heterocycles. The zero-order valence-corrected chi connectivity index (χ0v) is 6.55. The average Bonchev–Trinajstić information content (AvgIpc) is 2.03. The first-order valence-electron chi connectivity index (χ1n) is 3.17. The minimum absolute atomic E-state index is 0.515. The van der Waals surface area contributed by atoms with Crippen LogP contribution in [0.1, 0.15) is 0 Å². The van der Waals surface area contributed by atoms with Crippen LogP contribution in [0.15, 0.2) is 12.1 Å². The molecule has 1 aromatic rings. The second-order valence-corrected chi connectivity index (χ2v) is 2.04. The van der Waals surface area contributed by atoms with Crippen LogP contribution in [-0.2, 0) is 0 Å². The summed E-state index contributed by atoms with van der Waals surface area (Å²) < 4.78 is 9.88. The maximum Gasteiger partial charge on any atom is 0.132 e. The van der Waals surface area contributed by atoms with Gasteiger partial charge in [-0.05, 0) is 0 Å². The van der Waals surface area contributed by atoms with E-state index in [0.29, 0.717) is 17.2 Å². The van der Waals surface area contributed by atoms with Crippen molar-refractivity contribution in [2.45, 2.75) is 0 Å². The van der Waals surface area contributed by atoms with Crippen LogP contribution in [0.5, 0.6) is 11.5 Å². The molecular formula is C8H10NO2. The number of hydrogen-bond donors (Lipinski definition) is 1. The Bertz CT molecular complexity index is 226. The smallest absolute Gasteiger partial charge is 0.132 e. The molecule has 0 spiro atoms. The van der Waals surface area contributed by atoms with Crippen molar-refractivity contribution in [2.75, 3.05) is 20.0 Å². The van der Waals surface area contributed by atoms with Gasteiger partial charge in [-0.15, -0.1) is 0 Å². The summed E-state index contributed by atoms with van der Waals surface area (Å²) in [6.07, 6.45) is 0. The van der Waals surface area contributed by atoms with E-state index in [4.69, 9.17) is 15.2 Å². The van der Waals surface area contributed by atoms with Crippen molar-refractivity contribution in [2.24, 2.45) is 0 Å². The topological polar surface area (TPSA) is 44.5 Å². The Morgan fingerprint density at radius 1 is 1.27 bits per heavy atom. The van der Waals surface area contributed by atoms with Crippen LogP contribution in [0, 0.1) is 6.07 Å². The lowest BCUT2D eigenvalue weighted by atomic mass is 10.3. The molecule has 11 heavy (non-hydrogen) atoms. The predicted octanol–water partition coefficient (Wildman–Crippen LogP) is 1.09. The van der Waals surface area contributed by atoms with Gasteiger partial charge in [0.15, 0.2) is 0 Å². The molecule has 0 amide bonds. The van der Waals surface area contributed by atoms with Crippen LogP contribution in [0.2, 0.25) is 0 Å². The maximum absolute atomic E-state index is 5.50. The van der Waals surface area contributed by atoms with E-state index < -0.39 is 0 Å². The molecule has 1 rings (SSSR count). The van der Waals surface area contributed by atoms with Gasteiger partial charge in [0, 0.05) is 17.8 Å². The molecule has 3 nitrogen and oxygen atoms in total. The number of nitrogen functional groups attached to an aromatic ring is 1. The number of benzene rings is 1. The molecule has 0 saturated heterocycles. The Labute approximate surface area is 65.7 Å². The fourth-order valence-corrected chi connectivity index (χ4v) is 0.766. The van der Waals surface area contributed by atoms with Gasteiger partial charge in [0.25, 0.3) is 0 Å². The molecule has 0 aromatic heterocycles. The van der Waals surface area contributed by atoms with Gasteiger partial charge in [0.2, 0.25) is 0 Å². The normalized spacial score (nSPS) is 9.27. The lowest BCUT2D eigenvalue weighted by molar-refractivity contribution is 0.394. The lowest BCUT2D eigenvalue weighted by Gasteiger charge is -2.03. The van der Waals surface area contributed by atoms with Gasteiger partial charge in [-0.1, -0.05) is 0 Å². The molecule has 1 aromatic carbocycles. The third kappa shape index (κ3) is 1.77. The summed E-state index contributed by atoms with van der Waals surface area (Å²) in [6, 6.07) is 6.21. The SMILES string of the molecule is COc1[c]c(N)cc(OC)c1. The predicted molar refractivity (Wildman–Crippen MR) is 42.8 cm³/mol. The number of ether oxygens (including phenoxy) is 2. The fraction of sp³-hybridized carbons (Fsp3) is 0.250. The summed E-state index contributed by atoms with van der Waals surface area (Å²) in [4.78, 5) is 0. The van der Waals surface area contributed by atoms with Crippen molar-refractivity contribution < 1.29 is 9.47 Å². The third-order valence-electron chi connectivity index (χ3n) is 1.29. The fourth-order valence-electron chi connectivity index (χ4n) is 0.766. The minimum atomic E-state index is 0.515. The minimum Gasteiger partial charge on any atom is -0.497 e. The first-order chi connectivity index (χ1) is 5.26. The average molecular weight is 152 g/mol. The van der Waals surface area contributed by atoms with Gasteiger partial charge in [0.1, 0.15) is 11.5 Å². The Balaban J connectivity index is 3.02. The molecule has 0 heterocycles. The largest absolute Gasteiger partial charge is 0.497 e. The molecular weight excluding hydrogens is 142 g/mol. The van der Waals surface area contributed by atoms with Crippen molar-refractivity contribution in [1.82, 2.24) is 0 Å². The van der Waals surface area contributed by atoms with Crippen LogP contribution in [0.3, 0.4) is 0 Å². The van der Waals surface area contributed by atoms with E-state index in [0.717, 1.165) is 0 Å². The van der Waals surface area contributed by atoms with Crippen LogP contribution in [0.25, 0.3) is 0 Å². The van der Waals surface area contributed by atoms with Crippen LogP contribution >= 0.6 is 0 Å². The Hall–Kier alpha value is -1.38. The van der Waals surface area contributed by atoms with Gasteiger partial charge >= 0.3 is 0 Å². The second kappa shape index (κ2) is 3.14. The molecule has 0 aliphatic rings. The molecule has 3 heteroatoms. The zero-order chi connectivity index (χ0) is 8.27. The molecule has 0 fully saturated rings. The van der Waals surface area contributed by atoms with Gasteiger partial charge in [-0.3, -0.25) is 0 Å². The summed E-state index contributed by atoms with van der Waals surface area (Å²) in [7, 11) is 3.14. The Morgan fingerprint density at radius 3 is 2.55 bits per heavy atom. The molecule has 59 valence electrons. The van der Waals surface area contributed by atoms with Crippen LogP contribution < -0.4 is 15.2 Å². The highest BCUT2D eigenvalue weighted by molar-refractivity contribution is 5.48. The Morgan fingerprint density at radius 2 is 2.00 bits per heavy atom. The highest BCUT2D eigenvalue weighted by atomic mass is 16.5. The van der Waals surface area contributed by atoms with Crippen molar-refractivity contribution in [3.05, 3.63) is 18.2 Å². The summed E-state index contributed by atoms with van der Waals surface area (Å²) in [5.41, 5.74) is 6.01. The van der Waals surface area contributed by atoms with Gasteiger partial charge < -0.3 is 15.2 Å². The molecule has 0 saturated carbocycles.